The van der Waals surface area contributed by atoms with Gasteiger partial charge in [-0.2, -0.15) is 0 Å². The predicted octanol–water partition coefficient (Wildman–Crippen LogP) is 1.22. The Balaban J connectivity index is 3.23. The molecule has 66 valence electrons. The van der Waals surface area contributed by atoms with E-state index in [1.165, 1.54) is 0 Å². The van der Waals surface area contributed by atoms with Crippen molar-refractivity contribution >= 4 is 18.0 Å². The highest BCUT2D eigenvalue weighted by Gasteiger charge is 2.05. The third-order valence-electron chi connectivity index (χ3n) is 0.901. The number of hydrogen-bond donors (Lipinski definition) is 1. The third kappa shape index (κ3) is 7.68. The Morgan fingerprint density at radius 1 is 1.64 bits per heavy atom. The number of carbonyl (C=O) groups is 1. The van der Waals surface area contributed by atoms with Gasteiger partial charge in [0.1, 0.15) is 0 Å². The van der Waals surface area contributed by atoms with Gasteiger partial charge in [0.25, 0.3) is 0 Å². The summed E-state index contributed by atoms with van der Waals surface area (Å²) in [5, 5.41) is 8.35. The van der Waals surface area contributed by atoms with Gasteiger partial charge < -0.3 is 9.29 Å². The van der Waals surface area contributed by atoms with Gasteiger partial charge in [-0.15, -0.1) is 0 Å². The van der Waals surface area contributed by atoms with E-state index < -0.39 is 0 Å². The van der Waals surface area contributed by atoms with Crippen molar-refractivity contribution in [2.24, 2.45) is 5.92 Å². The molecule has 4 heteroatoms. The smallest absolute Gasteiger partial charge is 0.318 e. The van der Waals surface area contributed by atoms with Crippen LogP contribution in [0.25, 0.3) is 0 Å². The lowest BCUT2D eigenvalue weighted by atomic mass is 10.1. The highest BCUT2D eigenvalue weighted by molar-refractivity contribution is 7.95. The molecule has 0 amide bonds. The number of carbonyl (C=O) groups excluding carboxylic acids is 1. The van der Waals surface area contributed by atoms with Gasteiger partial charge in [0, 0.05) is 6.42 Å². The molecule has 0 heterocycles. The molecule has 0 aromatic rings. The van der Waals surface area contributed by atoms with Crippen LogP contribution in [0.15, 0.2) is 0 Å². The van der Waals surface area contributed by atoms with Crippen molar-refractivity contribution in [2.45, 2.75) is 20.3 Å². The van der Waals surface area contributed by atoms with Crippen LogP contribution in [0, 0.1) is 5.92 Å². The van der Waals surface area contributed by atoms with Crippen molar-refractivity contribution < 1.29 is 14.1 Å². The second-order valence-corrected chi connectivity index (χ2v) is 3.41. The topological polar surface area (TPSA) is 46.5 Å². The average Bonchev–Trinajstić information content (AvgIpc) is 1.86. The van der Waals surface area contributed by atoms with Crippen LogP contribution in [0.4, 0.5) is 0 Å². The summed E-state index contributed by atoms with van der Waals surface area (Å²) in [4.78, 5) is 10.8. The average molecular weight is 178 g/mol. The first-order valence-corrected chi connectivity index (χ1v) is 4.51. The van der Waals surface area contributed by atoms with Crippen molar-refractivity contribution in [1.29, 1.82) is 0 Å². The quantitative estimate of drug-likeness (QED) is 0.508. The zero-order valence-electron chi connectivity index (χ0n) is 6.87. The Labute approximate surface area is 71.3 Å². The second-order valence-electron chi connectivity index (χ2n) is 2.60. The van der Waals surface area contributed by atoms with E-state index in [-0.39, 0.29) is 12.6 Å². The molecule has 0 fully saturated rings. The van der Waals surface area contributed by atoms with Gasteiger partial charge in [-0.3, -0.25) is 4.79 Å². The summed E-state index contributed by atoms with van der Waals surface area (Å²) in [5.74, 6) is 0.569. The molecule has 3 nitrogen and oxygen atoms in total. The Kier molecular flexibility index (Phi) is 6.36. The van der Waals surface area contributed by atoms with E-state index in [1.54, 1.807) is 0 Å². The van der Waals surface area contributed by atoms with Crippen LogP contribution in [0.2, 0.25) is 0 Å². The zero-order valence-corrected chi connectivity index (χ0v) is 7.69. The molecule has 0 radical (unpaired) electrons. The van der Waals surface area contributed by atoms with E-state index in [0.29, 0.717) is 18.1 Å². The molecule has 0 rings (SSSR count). The SMILES string of the molecule is CC(C)CC(=O)OSCCO. The summed E-state index contributed by atoms with van der Waals surface area (Å²) < 4.78 is 4.71. The molecule has 11 heavy (non-hydrogen) atoms. The van der Waals surface area contributed by atoms with Gasteiger partial charge in [0.15, 0.2) is 0 Å². The lowest BCUT2D eigenvalue weighted by molar-refractivity contribution is -0.133. The summed E-state index contributed by atoms with van der Waals surface area (Å²) in [6.07, 6.45) is 0.443. The number of aliphatic hydroxyl groups is 1. The maximum atomic E-state index is 10.8. The van der Waals surface area contributed by atoms with Gasteiger partial charge in [-0.05, 0) is 5.92 Å². The van der Waals surface area contributed by atoms with Gasteiger partial charge in [-0.1, -0.05) is 13.8 Å². The molecule has 0 saturated carbocycles. The molecule has 1 N–H and O–H groups in total. The minimum Gasteiger partial charge on any atom is -0.395 e. The molecular formula is C7H14O3S. The number of rotatable bonds is 5. The maximum absolute atomic E-state index is 10.8. The summed E-state index contributed by atoms with van der Waals surface area (Å²) in [6.45, 7) is 3.95. The predicted molar refractivity (Wildman–Crippen MR) is 45.1 cm³/mol. The van der Waals surface area contributed by atoms with Crippen molar-refractivity contribution in [2.75, 3.05) is 12.4 Å². The van der Waals surface area contributed by atoms with Gasteiger partial charge in [-0.25, -0.2) is 0 Å². The van der Waals surface area contributed by atoms with E-state index >= 15 is 0 Å². The van der Waals surface area contributed by atoms with Crippen LogP contribution >= 0.6 is 12.0 Å². The first-order chi connectivity index (χ1) is 5.16. The van der Waals surface area contributed by atoms with Crippen LogP contribution in [-0.2, 0) is 8.98 Å². The Hall–Kier alpha value is -0.220. The minimum absolute atomic E-state index is 0.0413. The van der Waals surface area contributed by atoms with Crippen molar-refractivity contribution in [1.82, 2.24) is 0 Å². The second kappa shape index (κ2) is 6.49. The van der Waals surface area contributed by atoms with Crippen molar-refractivity contribution in [3.05, 3.63) is 0 Å². The number of aliphatic hydroxyl groups excluding tert-OH is 1. The van der Waals surface area contributed by atoms with Crippen LogP contribution in [0.1, 0.15) is 20.3 Å². The third-order valence-corrected chi connectivity index (χ3v) is 1.55. The van der Waals surface area contributed by atoms with E-state index in [0.717, 1.165) is 12.0 Å². The molecule has 0 aromatic carbocycles. The van der Waals surface area contributed by atoms with Crippen LogP contribution in [-0.4, -0.2) is 23.4 Å². The molecule has 0 spiro atoms. The fraction of sp³-hybridized carbons (Fsp3) is 0.857. The summed E-state index contributed by atoms with van der Waals surface area (Å²) in [6, 6.07) is 0. The van der Waals surface area contributed by atoms with E-state index in [1.807, 2.05) is 13.8 Å². The van der Waals surface area contributed by atoms with Gasteiger partial charge >= 0.3 is 5.97 Å². The molecule has 0 aromatic heterocycles. The Morgan fingerprint density at radius 3 is 2.73 bits per heavy atom. The molecule has 0 aliphatic carbocycles. The standard InChI is InChI=1S/C7H14O3S/c1-6(2)5-7(9)10-11-4-3-8/h6,8H,3-5H2,1-2H3. The molecular weight excluding hydrogens is 164 g/mol. The Bertz CT molecular complexity index is 114. The monoisotopic (exact) mass is 178 g/mol. The Morgan fingerprint density at radius 2 is 2.27 bits per heavy atom. The molecule has 0 aliphatic heterocycles. The summed E-state index contributed by atoms with van der Waals surface area (Å²) in [5.41, 5.74) is 0. The normalized spacial score (nSPS) is 10.2. The maximum Gasteiger partial charge on any atom is 0.318 e. The van der Waals surface area contributed by atoms with E-state index in [4.69, 9.17) is 9.29 Å². The zero-order chi connectivity index (χ0) is 8.69. The van der Waals surface area contributed by atoms with E-state index in [9.17, 15) is 4.79 Å². The van der Waals surface area contributed by atoms with Crippen molar-refractivity contribution in [3.8, 4) is 0 Å². The summed E-state index contributed by atoms with van der Waals surface area (Å²) in [7, 11) is 0. The molecule has 0 saturated heterocycles. The first kappa shape index (κ1) is 10.8. The lowest BCUT2D eigenvalue weighted by Gasteiger charge is -2.02. The summed E-state index contributed by atoms with van der Waals surface area (Å²) >= 11 is 1.00. The molecule has 0 bridgehead atoms. The number of hydrogen-bond acceptors (Lipinski definition) is 4. The van der Waals surface area contributed by atoms with Crippen LogP contribution < -0.4 is 0 Å². The minimum atomic E-state index is -0.210. The van der Waals surface area contributed by atoms with Crippen molar-refractivity contribution in [3.63, 3.8) is 0 Å². The molecule has 0 atom stereocenters. The fourth-order valence-electron chi connectivity index (χ4n) is 0.512. The first-order valence-electron chi connectivity index (χ1n) is 3.60. The fourth-order valence-corrected chi connectivity index (χ4v) is 0.869. The van der Waals surface area contributed by atoms with Crippen LogP contribution in [0.5, 0.6) is 0 Å². The highest BCUT2D eigenvalue weighted by atomic mass is 32.2. The van der Waals surface area contributed by atoms with Gasteiger partial charge in [0.2, 0.25) is 0 Å². The highest BCUT2D eigenvalue weighted by Crippen LogP contribution is 2.07. The molecule has 0 aliphatic rings. The van der Waals surface area contributed by atoms with Gasteiger partial charge in [0.05, 0.1) is 24.4 Å². The van der Waals surface area contributed by atoms with E-state index in [2.05, 4.69) is 0 Å². The van der Waals surface area contributed by atoms with Crippen LogP contribution in [0.3, 0.4) is 0 Å². The lowest BCUT2D eigenvalue weighted by Crippen LogP contribution is -2.04. The molecule has 0 unspecified atom stereocenters. The largest absolute Gasteiger partial charge is 0.395 e.